The fraction of sp³-hybridized carbons (Fsp3) is 0.333. The van der Waals surface area contributed by atoms with E-state index in [2.05, 4.69) is 38.2 Å². The average Bonchev–Trinajstić information content (AvgIpc) is 2.10. The Balaban J connectivity index is 2.60. The quantitative estimate of drug-likeness (QED) is 0.681. The maximum Gasteiger partial charge on any atom is 0.0503 e. The predicted molar refractivity (Wildman–Crippen MR) is 62.9 cm³/mol. The van der Waals surface area contributed by atoms with Gasteiger partial charge in [0.1, 0.15) is 0 Å². The van der Waals surface area contributed by atoms with Gasteiger partial charge in [-0.3, -0.25) is 0 Å². The molecule has 1 heterocycles. The van der Waals surface area contributed by atoms with Crippen molar-refractivity contribution in [3.8, 4) is 0 Å². The number of aryl methyl sites for hydroxylation is 1. The molecule has 2 heteroatoms. The molecule has 1 aromatic carbocycles. The lowest BCUT2D eigenvalue weighted by molar-refractivity contribution is 0.710. The lowest BCUT2D eigenvalue weighted by atomic mass is 9.95. The van der Waals surface area contributed by atoms with Crippen LogP contribution in [-0.4, -0.2) is 5.54 Å². The highest BCUT2D eigenvalue weighted by atomic mass is 35.5. The van der Waals surface area contributed by atoms with Crippen LogP contribution in [-0.2, 0) is 0 Å². The highest BCUT2D eigenvalue weighted by Crippen LogP contribution is 2.35. The van der Waals surface area contributed by atoms with E-state index in [0.29, 0.717) is 0 Å². The van der Waals surface area contributed by atoms with Gasteiger partial charge in [-0.1, -0.05) is 29.8 Å². The smallest absolute Gasteiger partial charge is 0.0503 e. The van der Waals surface area contributed by atoms with Gasteiger partial charge >= 0.3 is 0 Å². The predicted octanol–water partition coefficient (Wildman–Crippen LogP) is 3.87. The van der Waals surface area contributed by atoms with Crippen LogP contribution >= 0.6 is 11.6 Å². The second kappa shape index (κ2) is 3.03. The third-order valence-electron chi connectivity index (χ3n) is 2.51. The number of nitrogens with one attached hydrogen (secondary N) is 1. The molecular weight excluding hydrogens is 194 g/mol. The van der Waals surface area contributed by atoms with Crippen LogP contribution in [0.4, 0.5) is 5.69 Å². The minimum atomic E-state index is 0.0163. The highest BCUT2D eigenvalue weighted by molar-refractivity contribution is 6.32. The lowest BCUT2D eigenvalue weighted by Gasteiger charge is -2.30. The number of hydrogen-bond acceptors (Lipinski definition) is 1. The minimum Gasteiger partial charge on any atom is -0.376 e. The molecule has 1 aliphatic heterocycles. The maximum absolute atomic E-state index is 6.12. The van der Waals surface area contributed by atoms with E-state index < -0.39 is 0 Å². The van der Waals surface area contributed by atoms with Crippen LogP contribution in [0.15, 0.2) is 18.2 Å². The summed E-state index contributed by atoms with van der Waals surface area (Å²) in [6.07, 6.45) is 4.24. The fourth-order valence-electron chi connectivity index (χ4n) is 1.69. The molecule has 0 fully saturated rings. The molecule has 0 atom stereocenters. The zero-order valence-corrected chi connectivity index (χ0v) is 9.44. The Bertz CT molecular complexity index is 405. The second-order valence-electron chi connectivity index (χ2n) is 4.33. The molecule has 1 nitrogen and oxygen atoms in total. The highest BCUT2D eigenvalue weighted by Gasteiger charge is 2.21. The van der Waals surface area contributed by atoms with Gasteiger partial charge < -0.3 is 5.32 Å². The largest absolute Gasteiger partial charge is 0.376 e. The zero-order valence-electron chi connectivity index (χ0n) is 8.69. The normalized spacial score (nSPS) is 17.4. The molecule has 0 unspecified atom stereocenters. The van der Waals surface area contributed by atoms with Crippen LogP contribution in [0.5, 0.6) is 0 Å². The van der Waals surface area contributed by atoms with Gasteiger partial charge in [-0.15, -0.1) is 0 Å². The van der Waals surface area contributed by atoms with Crippen molar-refractivity contribution in [1.29, 1.82) is 0 Å². The second-order valence-corrected chi connectivity index (χ2v) is 4.74. The maximum atomic E-state index is 6.12. The molecule has 1 aromatic rings. The van der Waals surface area contributed by atoms with Crippen molar-refractivity contribution in [1.82, 2.24) is 0 Å². The van der Waals surface area contributed by atoms with Crippen molar-refractivity contribution in [3.05, 3.63) is 34.4 Å². The summed E-state index contributed by atoms with van der Waals surface area (Å²) in [5.74, 6) is 0. The Kier molecular flexibility index (Phi) is 2.07. The average molecular weight is 208 g/mol. The monoisotopic (exact) mass is 207 g/mol. The molecule has 0 aromatic heterocycles. The fourth-order valence-corrected chi connectivity index (χ4v) is 1.91. The van der Waals surface area contributed by atoms with Crippen molar-refractivity contribution in [2.75, 3.05) is 5.32 Å². The van der Waals surface area contributed by atoms with E-state index in [1.54, 1.807) is 0 Å². The summed E-state index contributed by atoms with van der Waals surface area (Å²) in [4.78, 5) is 0. The number of halogens is 1. The van der Waals surface area contributed by atoms with Gasteiger partial charge in [-0.05, 0) is 32.4 Å². The van der Waals surface area contributed by atoms with E-state index in [1.165, 1.54) is 5.56 Å². The first kappa shape index (κ1) is 9.60. The Morgan fingerprint density at radius 2 is 2.00 bits per heavy atom. The molecule has 0 radical (unpaired) electrons. The Morgan fingerprint density at radius 1 is 1.29 bits per heavy atom. The van der Waals surface area contributed by atoms with Crippen molar-refractivity contribution in [3.63, 3.8) is 0 Å². The summed E-state index contributed by atoms with van der Waals surface area (Å²) in [6.45, 7) is 6.39. The molecule has 0 spiro atoms. The van der Waals surface area contributed by atoms with E-state index in [0.717, 1.165) is 16.3 Å². The number of anilines is 1. The van der Waals surface area contributed by atoms with E-state index in [1.807, 2.05) is 12.1 Å². The molecular formula is C12H14ClN. The summed E-state index contributed by atoms with van der Waals surface area (Å²) >= 11 is 6.12. The topological polar surface area (TPSA) is 12.0 Å². The van der Waals surface area contributed by atoms with E-state index in [4.69, 9.17) is 11.6 Å². The van der Waals surface area contributed by atoms with Gasteiger partial charge in [0.15, 0.2) is 0 Å². The van der Waals surface area contributed by atoms with Crippen molar-refractivity contribution >= 4 is 23.4 Å². The van der Waals surface area contributed by atoms with E-state index in [9.17, 15) is 0 Å². The number of benzene rings is 1. The van der Waals surface area contributed by atoms with Crippen LogP contribution in [0.25, 0.3) is 6.08 Å². The molecule has 2 rings (SSSR count). The summed E-state index contributed by atoms with van der Waals surface area (Å²) < 4.78 is 0. The SMILES string of the molecule is Cc1ccc(Cl)c2c1NC(C)(C)C=C2. The third kappa shape index (κ3) is 1.53. The summed E-state index contributed by atoms with van der Waals surface area (Å²) in [7, 11) is 0. The van der Waals surface area contributed by atoms with Crippen LogP contribution in [0.1, 0.15) is 25.0 Å². The number of hydrogen-bond donors (Lipinski definition) is 1. The minimum absolute atomic E-state index is 0.0163. The summed E-state index contributed by atoms with van der Waals surface area (Å²) in [5, 5.41) is 4.28. The molecule has 14 heavy (non-hydrogen) atoms. The number of fused-ring (bicyclic) bond motifs is 1. The van der Waals surface area contributed by atoms with Gasteiger partial charge in [-0.25, -0.2) is 0 Å². The zero-order chi connectivity index (χ0) is 10.3. The van der Waals surface area contributed by atoms with Gasteiger partial charge in [0.2, 0.25) is 0 Å². The van der Waals surface area contributed by atoms with Gasteiger partial charge in [-0.2, -0.15) is 0 Å². The molecule has 0 amide bonds. The Labute approximate surface area is 89.8 Å². The molecule has 1 aliphatic rings. The molecule has 74 valence electrons. The van der Waals surface area contributed by atoms with Crippen LogP contribution in [0.3, 0.4) is 0 Å². The first-order valence-electron chi connectivity index (χ1n) is 4.76. The van der Waals surface area contributed by atoms with Crippen LogP contribution in [0.2, 0.25) is 5.02 Å². The van der Waals surface area contributed by atoms with Crippen molar-refractivity contribution in [2.24, 2.45) is 0 Å². The van der Waals surface area contributed by atoms with Gasteiger partial charge in [0.25, 0.3) is 0 Å². The molecule has 0 bridgehead atoms. The Hall–Kier alpha value is -0.950. The molecule has 1 N–H and O–H groups in total. The van der Waals surface area contributed by atoms with Gasteiger partial charge in [0, 0.05) is 16.3 Å². The summed E-state index contributed by atoms with van der Waals surface area (Å²) in [6, 6.07) is 3.99. The summed E-state index contributed by atoms with van der Waals surface area (Å²) in [5.41, 5.74) is 3.51. The van der Waals surface area contributed by atoms with Crippen LogP contribution < -0.4 is 5.32 Å². The third-order valence-corrected chi connectivity index (χ3v) is 2.84. The molecule has 0 saturated heterocycles. The van der Waals surface area contributed by atoms with Crippen LogP contribution in [0, 0.1) is 6.92 Å². The van der Waals surface area contributed by atoms with Crippen molar-refractivity contribution < 1.29 is 0 Å². The standard InChI is InChI=1S/C12H14ClN/c1-8-4-5-10(13)9-6-7-12(2,3)14-11(8)9/h4-7,14H,1-3H3. The van der Waals surface area contributed by atoms with Crippen molar-refractivity contribution in [2.45, 2.75) is 26.3 Å². The van der Waals surface area contributed by atoms with E-state index >= 15 is 0 Å². The number of rotatable bonds is 0. The van der Waals surface area contributed by atoms with E-state index in [-0.39, 0.29) is 5.54 Å². The van der Waals surface area contributed by atoms with Gasteiger partial charge in [0.05, 0.1) is 5.54 Å². The first-order valence-corrected chi connectivity index (χ1v) is 5.14. The molecule has 0 aliphatic carbocycles. The first-order chi connectivity index (χ1) is 6.49. The Morgan fingerprint density at radius 3 is 2.71 bits per heavy atom. The lowest BCUT2D eigenvalue weighted by Crippen LogP contribution is -2.30. The molecule has 0 saturated carbocycles.